The summed E-state index contributed by atoms with van der Waals surface area (Å²) in [6.45, 7) is 4.26. The standard InChI is InChI=1S/C25H22F2N2O3/c1-15-6-4-7-17-18(12-25(2,14-31-3)32-23(15)17)21-11-10-16(13-28-21)29-24(30)22-19(26)8-5-9-20(22)27/h4-13H,14H2,1-3H3,(H,29,30). The van der Waals surface area contributed by atoms with Crippen LogP contribution < -0.4 is 10.1 Å². The minimum atomic E-state index is -0.927. The highest BCUT2D eigenvalue weighted by Crippen LogP contribution is 2.41. The minimum Gasteiger partial charge on any atom is -0.480 e. The fourth-order valence-electron chi connectivity index (χ4n) is 3.75. The molecule has 5 nitrogen and oxygen atoms in total. The first-order valence-electron chi connectivity index (χ1n) is 10.0. The lowest BCUT2D eigenvalue weighted by Gasteiger charge is -2.34. The van der Waals surface area contributed by atoms with Crippen molar-refractivity contribution in [1.82, 2.24) is 4.98 Å². The first kappa shape index (κ1) is 21.6. The maximum atomic E-state index is 13.9. The smallest absolute Gasteiger partial charge is 0.261 e. The SMILES string of the molecule is COCC1(C)C=C(c2ccc(NC(=O)c3c(F)cccc3F)cn2)c2cccc(C)c2O1. The van der Waals surface area contributed by atoms with Gasteiger partial charge in [-0.25, -0.2) is 8.78 Å². The number of para-hydroxylation sites is 1. The summed E-state index contributed by atoms with van der Waals surface area (Å²) < 4.78 is 39.3. The molecule has 3 aromatic rings. The van der Waals surface area contributed by atoms with Gasteiger partial charge in [0.1, 0.15) is 28.5 Å². The highest BCUT2D eigenvalue weighted by molar-refractivity contribution is 6.04. The number of carbonyl (C=O) groups excluding carboxylic acids is 1. The Morgan fingerprint density at radius 3 is 2.50 bits per heavy atom. The number of aromatic nitrogens is 1. The van der Waals surface area contributed by atoms with E-state index in [2.05, 4.69) is 10.3 Å². The second-order valence-electron chi connectivity index (χ2n) is 7.84. The van der Waals surface area contributed by atoms with Crippen molar-refractivity contribution < 1.29 is 23.0 Å². The van der Waals surface area contributed by atoms with E-state index in [9.17, 15) is 13.6 Å². The summed E-state index contributed by atoms with van der Waals surface area (Å²) in [7, 11) is 1.61. The quantitative estimate of drug-likeness (QED) is 0.601. The normalized spacial score (nSPS) is 17.2. The summed E-state index contributed by atoms with van der Waals surface area (Å²) in [5.41, 5.74) is 2.43. The van der Waals surface area contributed by atoms with Crippen LogP contribution in [0.4, 0.5) is 14.5 Å². The van der Waals surface area contributed by atoms with Crippen molar-refractivity contribution in [2.45, 2.75) is 19.4 Å². The molecular weight excluding hydrogens is 414 g/mol. The molecule has 0 fully saturated rings. The number of rotatable bonds is 5. The lowest BCUT2D eigenvalue weighted by atomic mass is 9.90. The molecule has 2 heterocycles. The van der Waals surface area contributed by atoms with Crippen molar-refractivity contribution in [3.05, 3.63) is 94.8 Å². The van der Waals surface area contributed by atoms with Crippen molar-refractivity contribution in [2.75, 3.05) is 19.0 Å². The number of halogens is 2. The van der Waals surface area contributed by atoms with Crippen LogP contribution in [-0.2, 0) is 4.74 Å². The summed E-state index contributed by atoms with van der Waals surface area (Å²) in [5, 5.41) is 2.49. The summed E-state index contributed by atoms with van der Waals surface area (Å²) in [4.78, 5) is 16.8. The van der Waals surface area contributed by atoms with E-state index in [-0.39, 0.29) is 0 Å². The summed E-state index contributed by atoms with van der Waals surface area (Å²) >= 11 is 0. The molecule has 32 heavy (non-hydrogen) atoms. The molecule has 1 amide bonds. The Balaban J connectivity index is 1.65. The Bertz CT molecular complexity index is 1190. The van der Waals surface area contributed by atoms with Crippen LogP contribution in [0.25, 0.3) is 5.57 Å². The van der Waals surface area contributed by atoms with Gasteiger partial charge in [0.25, 0.3) is 5.91 Å². The Morgan fingerprint density at radius 2 is 1.84 bits per heavy atom. The molecule has 7 heteroatoms. The van der Waals surface area contributed by atoms with Gasteiger partial charge in [0.05, 0.1) is 24.2 Å². The van der Waals surface area contributed by atoms with E-state index in [1.54, 1.807) is 19.2 Å². The Kier molecular flexibility index (Phi) is 5.76. The summed E-state index contributed by atoms with van der Waals surface area (Å²) in [5.74, 6) is -1.97. The first-order valence-corrected chi connectivity index (χ1v) is 10.0. The third-order valence-electron chi connectivity index (χ3n) is 5.21. The molecule has 1 aliphatic rings. The fourth-order valence-corrected chi connectivity index (χ4v) is 3.75. The lowest BCUT2D eigenvalue weighted by molar-refractivity contribution is 0.0369. The van der Waals surface area contributed by atoms with Crippen LogP contribution in [0, 0.1) is 18.6 Å². The van der Waals surface area contributed by atoms with Gasteiger partial charge >= 0.3 is 0 Å². The molecule has 0 radical (unpaired) electrons. The number of benzene rings is 2. The fraction of sp³-hybridized carbons (Fsp3) is 0.200. The van der Waals surface area contributed by atoms with Gasteiger partial charge < -0.3 is 14.8 Å². The van der Waals surface area contributed by atoms with Crippen molar-refractivity contribution in [1.29, 1.82) is 0 Å². The molecule has 1 unspecified atom stereocenters. The van der Waals surface area contributed by atoms with E-state index >= 15 is 0 Å². The third kappa shape index (κ3) is 4.11. The zero-order chi connectivity index (χ0) is 22.9. The van der Waals surface area contributed by atoms with Gasteiger partial charge in [-0.05, 0) is 49.8 Å². The van der Waals surface area contributed by atoms with Crippen molar-refractivity contribution in [2.24, 2.45) is 0 Å². The molecule has 0 aliphatic carbocycles. The van der Waals surface area contributed by atoms with E-state index < -0.39 is 28.7 Å². The van der Waals surface area contributed by atoms with Gasteiger partial charge in [-0.3, -0.25) is 9.78 Å². The predicted octanol–water partition coefficient (Wildman–Crippen LogP) is 5.15. The van der Waals surface area contributed by atoms with Crippen LogP contribution in [0.1, 0.15) is 34.1 Å². The lowest BCUT2D eigenvalue weighted by Crippen LogP contribution is -2.38. The van der Waals surface area contributed by atoms with Gasteiger partial charge in [0.15, 0.2) is 0 Å². The third-order valence-corrected chi connectivity index (χ3v) is 5.21. The number of aryl methyl sites for hydroxylation is 1. The summed E-state index contributed by atoms with van der Waals surface area (Å²) in [6.07, 6.45) is 3.42. The molecule has 0 saturated heterocycles. The topological polar surface area (TPSA) is 60.5 Å². The molecule has 1 atom stereocenters. The average molecular weight is 436 g/mol. The number of methoxy groups -OCH3 is 1. The van der Waals surface area contributed by atoms with Crippen molar-refractivity contribution >= 4 is 17.2 Å². The predicted molar refractivity (Wildman–Crippen MR) is 118 cm³/mol. The molecule has 0 bridgehead atoms. The van der Waals surface area contributed by atoms with Gasteiger partial charge in [-0.15, -0.1) is 0 Å². The number of ether oxygens (including phenoxy) is 2. The van der Waals surface area contributed by atoms with Crippen LogP contribution in [0.15, 0.2) is 60.8 Å². The van der Waals surface area contributed by atoms with Crippen LogP contribution in [0.5, 0.6) is 5.75 Å². The number of pyridine rings is 1. The molecule has 2 aromatic carbocycles. The van der Waals surface area contributed by atoms with Crippen molar-refractivity contribution in [3.63, 3.8) is 0 Å². The zero-order valence-corrected chi connectivity index (χ0v) is 17.9. The van der Waals surface area contributed by atoms with E-state index in [4.69, 9.17) is 9.47 Å². The number of amides is 1. The molecule has 1 aliphatic heterocycles. The van der Waals surface area contributed by atoms with Crippen LogP contribution >= 0.6 is 0 Å². The molecule has 164 valence electrons. The molecule has 0 saturated carbocycles. The summed E-state index contributed by atoms with van der Waals surface area (Å²) in [6, 6.07) is 12.5. The molecule has 1 N–H and O–H groups in total. The largest absolute Gasteiger partial charge is 0.480 e. The van der Waals surface area contributed by atoms with Gasteiger partial charge in [0.2, 0.25) is 0 Å². The average Bonchev–Trinajstić information content (AvgIpc) is 2.74. The van der Waals surface area contributed by atoms with Gasteiger partial charge in [0, 0.05) is 18.2 Å². The Labute approximate surface area is 184 Å². The Morgan fingerprint density at radius 1 is 1.12 bits per heavy atom. The maximum absolute atomic E-state index is 13.9. The highest BCUT2D eigenvalue weighted by Gasteiger charge is 2.32. The first-order chi connectivity index (χ1) is 15.3. The number of nitrogens with zero attached hydrogens (tertiary/aromatic N) is 1. The van der Waals surface area contributed by atoms with E-state index in [0.29, 0.717) is 18.0 Å². The number of fused-ring (bicyclic) bond motifs is 1. The number of nitrogens with one attached hydrogen (secondary N) is 1. The van der Waals surface area contributed by atoms with E-state index in [0.717, 1.165) is 34.6 Å². The molecule has 1 aromatic heterocycles. The van der Waals surface area contributed by atoms with Crippen LogP contribution in [0.3, 0.4) is 0 Å². The number of hydrogen-bond donors (Lipinski definition) is 1. The maximum Gasteiger partial charge on any atom is 0.261 e. The number of carbonyl (C=O) groups is 1. The second kappa shape index (κ2) is 8.51. The van der Waals surface area contributed by atoms with Crippen LogP contribution in [-0.4, -0.2) is 30.2 Å². The van der Waals surface area contributed by atoms with Gasteiger partial charge in [-0.2, -0.15) is 0 Å². The van der Waals surface area contributed by atoms with E-state index in [1.165, 1.54) is 12.3 Å². The van der Waals surface area contributed by atoms with Gasteiger partial charge in [-0.1, -0.05) is 24.3 Å². The molecule has 0 spiro atoms. The second-order valence-corrected chi connectivity index (χ2v) is 7.84. The molecule has 4 rings (SSSR count). The van der Waals surface area contributed by atoms with Crippen LogP contribution in [0.2, 0.25) is 0 Å². The number of hydrogen-bond acceptors (Lipinski definition) is 4. The molecular formula is C25H22F2N2O3. The monoisotopic (exact) mass is 436 g/mol. The van der Waals surface area contributed by atoms with Crippen molar-refractivity contribution in [3.8, 4) is 5.75 Å². The minimum absolute atomic E-state index is 0.318. The van der Waals surface area contributed by atoms with E-state index in [1.807, 2.05) is 38.1 Å². The zero-order valence-electron chi connectivity index (χ0n) is 17.9. The highest BCUT2D eigenvalue weighted by atomic mass is 19.1. The number of anilines is 1. The Hall–Kier alpha value is -3.58.